The van der Waals surface area contributed by atoms with E-state index >= 15 is 0 Å². The van der Waals surface area contributed by atoms with Crippen LogP contribution in [0, 0.1) is 0 Å². The van der Waals surface area contributed by atoms with Crippen LogP contribution in [0.5, 0.6) is 0 Å². The van der Waals surface area contributed by atoms with Gasteiger partial charge in [0.2, 0.25) is 0 Å². The topological polar surface area (TPSA) is 52.9 Å². The van der Waals surface area contributed by atoms with Gasteiger partial charge < -0.3 is 10.1 Å². The second kappa shape index (κ2) is 4.14. The van der Waals surface area contributed by atoms with Crippen molar-refractivity contribution in [3.05, 3.63) is 33.3 Å². The molecule has 1 fully saturated rings. The fourth-order valence-electron chi connectivity index (χ4n) is 2.64. The summed E-state index contributed by atoms with van der Waals surface area (Å²) in [5.74, 6) is 0.582. The van der Waals surface area contributed by atoms with Crippen molar-refractivity contribution in [1.29, 1.82) is 0 Å². The number of hydrogen-bond donors (Lipinski definition) is 1. The van der Waals surface area contributed by atoms with Gasteiger partial charge in [-0.3, -0.25) is 4.79 Å². The Labute approximate surface area is 114 Å². The lowest BCUT2D eigenvalue weighted by Crippen LogP contribution is -2.42. The van der Waals surface area contributed by atoms with Gasteiger partial charge in [-0.05, 0) is 24.1 Å². The summed E-state index contributed by atoms with van der Waals surface area (Å²) in [7, 11) is 0. The molecule has 18 heavy (non-hydrogen) atoms. The average molecular weight is 285 g/mol. The number of oxime groups is 1. The SMILES string of the molecule is O=C1c2cc(Cl)c(Cl)cc2CN2C(=NO)CCC12. The van der Waals surface area contributed by atoms with Crippen LogP contribution in [0.1, 0.15) is 28.8 Å². The molecule has 1 atom stereocenters. The first-order valence-electron chi connectivity index (χ1n) is 5.61. The maximum absolute atomic E-state index is 12.3. The molecule has 94 valence electrons. The highest BCUT2D eigenvalue weighted by Crippen LogP contribution is 2.35. The number of benzene rings is 1. The van der Waals surface area contributed by atoms with Crippen molar-refractivity contribution in [2.24, 2.45) is 5.16 Å². The molecule has 1 N–H and O–H groups in total. The van der Waals surface area contributed by atoms with Gasteiger partial charge in [-0.2, -0.15) is 0 Å². The molecule has 2 heterocycles. The van der Waals surface area contributed by atoms with Crippen LogP contribution in [0.25, 0.3) is 0 Å². The molecule has 2 aliphatic rings. The Morgan fingerprint density at radius 3 is 2.78 bits per heavy atom. The van der Waals surface area contributed by atoms with E-state index in [1.807, 2.05) is 4.90 Å². The zero-order valence-electron chi connectivity index (χ0n) is 9.36. The maximum Gasteiger partial charge on any atom is 0.185 e. The minimum atomic E-state index is -0.236. The predicted octanol–water partition coefficient (Wildman–Crippen LogP) is 2.94. The van der Waals surface area contributed by atoms with Crippen LogP contribution in [-0.2, 0) is 6.54 Å². The number of ketones is 1. The van der Waals surface area contributed by atoms with Crippen molar-refractivity contribution in [3.63, 3.8) is 0 Å². The van der Waals surface area contributed by atoms with E-state index in [1.165, 1.54) is 0 Å². The molecule has 1 aromatic carbocycles. The predicted molar refractivity (Wildman–Crippen MR) is 68.6 cm³/mol. The number of amidine groups is 1. The van der Waals surface area contributed by atoms with Crippen LogP contribution in [0.4, 0.5) is 0 Å². The monoisotopic (exact) mass is 284 g/mol. The van der Waals surface area contributed by atoms with Crippen LogP contribution in [-0.4, -0.2) is 27.8 Å². The van der Waals surface area contributed by atoms with E-state index in [0.29, 0.717) is 40.8 Å². The largest absolute Gasteiger partial charge is 0.409 e. The Bertz CT molecular complexity index is 571. The van der Waals surface area contributed by atoms with Crippen molar-refractivity contribution in [1.82, 2.24) is 4.90 Å². The maximum atomic E-state index is 12.3. The van der Waals surface area contributed by atoms with Crippen LogP contribution in [0.3, 0.4) is 0 Å². The number of halogens is 2. The quantitative estimate of drug-likeness (QED) is 0.589. The molecule has 0 saturated carbocycles. The molecular formula is C12H10Cl2N2O2. The molecule has 0 amide bonds. The van der Waals surface area contributed by atoms with Crippen molar-refractivity contribution >= 4 is 34.8 Å². The summed E-state index contributed by atoms with van der Waals surface area (Å²) in [6.07, 6.45) is 1.29. The van der Waals surface area contributed by atoms with Crippen molar-refractivity contribution < 1.29 is 10.0 Å². The summed E-state index contributed by atoms with van der Waals surface area (Å²) in [6, 6.07) is 3.11. The molecule has 0 bridgehead atoms. The third kappa shape index (κ3) is 1.60. The second-order valence-electron chi connectivity index (χ2n) is 4.49. The van der Waals surface area contributed by atoms with Crippen molar-refractivity contribution in [2.45, 2.75) is 25.4 Å². The Morgan fingerprint density at radius 1 is 1.33 bits per heavy atom. The van der Waals surface area contributed by atoms with Gasteiger partial charge in [0, 0.05) is 18.5 Å². The molecule has 0 spiro atoms. The lowest BCUT2D eigenvalue weighted by atomic mass is 9.93. The Morgan fingerprint density at radius 2 is 2.06 bits per heavy atom. The van der Waals surface area contributed by atoms with Gasteiger partial charge >= 0.3 is 0 Å². The molecule has 4 nitrogen and oxygen atoms in total. The first-order valence-corrected chi connectivity index (χ1v) is 6.37. The number of hydrogen-bond acceptors (Lipinski definition) is 3. The van der Waals surface area contributed by atoms with Gasteiger partial charge in [-0.15, -0.1) is 0 Å². The normalized spacial score (nSPS) is 24.3. The van der Waals surface area contributed by atoms with E-state index in [1.54, 1.807) is 12.1 Å². The van der Waals surface area contributed by atoms with Gasteiger partial charge in [0.25, 0.3) is 0 Å². The Hall–Kier alpha value is -1.26. The lowest BCUT2D eigenvalue weighted by Gasteiger charge is -2.31. The summed E-state index contributed by atoms with van der Waals surface area (Å²) >= 11 is 11.9. The first kappa shape index (κ1) is 11.8. The summed E-state index contributed by atoms with van der Waals surface area (Å²) < 4.78 is 0. The van der Waals surface area contributed by atoms with Gasteiger partial charge in [0.15, 0.2) is 5.78 Å². The van der Waals surface area contributed by atoms with Crippen LogP contribution in [0.15, 0.2) is 17.3 Å². The summed E-state index contributed by atoms with van der Waals surface area (Å²) in [6.45, 7) is 0.530. The number of carbonyl (C=O) groups is 1. The highest BCUT2D eigenvalue weighted by atomic mass is 35.5. The summed E-state index contributed by atoms with van der Waals surface area (Å²) in [4.78, 5) is 14.2. The van der Waals surface area contributed by atoms with Crippen LogP contribution < -0.4 is 0 Å². The van der Waals surface area contributed by atoms with E-state index in [2.05, 4.69) is 5.16 Å². The standard InChI is InChI=1S/C12H10Cl2N2O2/c13-8-3-6-5-16-10(1-2-11(16)15-18)12(17)7(6)4-9(8)14/h3-4,10,18H,1-2,5H2. The van der Waals surface area contributed by atoms with Gasteiger partial charge in [-0.1, -0.05) is 28.4 Å². The molecule has 1 aromatic rings. The van der Waals surface area contributed by atoms with E-state index in [4.69, 9.17) is 28.4 Å². The van der Waals surface area contributed by atoms with Crippen LogP contribution in [0.2, 0.25) is 10.0 Å². The molecule has 2 aliphatic heterocycles. The number of fused-ring (bicyclic) bond motifs is 2. The first-order chi connectivity index (χ1) is 8.61. The summed E-state index contributed by atoms with van der Waals surface area (Å²) in [5, 5.41) is 13.0. The zero-order chi connectivity index (χ0) is 12.9. The van der Waals surface area contributed by atoms with Gasteiger partial charge in [0.1, 0.15) is 5.84 Å². The highest BCUT2D eigenvalue weighted by molar-refractivity contribution is 6.42. The van der Waals surface area contributed by atoms with Crippen molar-refractivity contribution in [3.8, 4) is 0 Å². The van der Waals surface area contributed by atoms with Crippen LogP contribution >= 0.6 is 23.2 Å². The third-order valence-electron chi connectivity index (χ3n) is 3.52. The Balaban J connectivity index is 2.10. The van der Waals surface area contributed by atoms with E-state index in [9.17, 15) is 4.79 Å². The van der Waals surface area contributed by atoms with E-state index in [-0.39, 0.29) is 11.8 Å². The highest BCUT2D eigenvalue weighted by Gasteiger charge is 2.40. The Kier molecular flexibility index (Phi) is 2.72. The number of Topliss-reactive ketones (excluding diaryl/α,β-unsaturated/α-hetero) is 1. The molecule has 1 unspecified atom stereocenters. The van der Waals surface area contributed by atoms with E-state index < -0.39 is 0 Å². The number of carbonyl (C=O) groups excluding carboxylic acids is 1. The number of rotatable bonds is 0. The molecule has 0 radical (unpaired) electrons. The third-order valence-corrected chi connectivity index (χ3v) is 4.24. The van der Waals surface area contributed by atoms with Gasteiger partial charge in [0.05, 0.1) is 16.1 Å². The second-order valence-corrected chi connectivity index (χ2v) is 5.30. The molecular weight excluding hydrogens is 275 g/mol. The molecule has 1 saturated heterocycles. The fraction of sp³-hybridized carbons (Fsp3) is 0.333. The molecule has 6 heteroatoms. The van der Waals surface area contributed by atoms with Crippen molar-refractivity contribution in [2.75, 3.05) is 0 Å². The molecule has 0 aliphatic carbocycles. The lowest BCUT2D eigenvalue weighted by molar-refractivity contribution is 0.0872. The van der Waals surface area contributed by atoms with Gasteiger partial charge in [-0.25, -0.2) is 0 Å². The molecule has 3 rings (SSSR count). The zero-order valence-corrected chi connectivity index (χ0v) is 10.9. The molecule has 0 aromatic heterocycles. The van der Waals surface area contributed by atoms with E-state index in [0.717, 1.165) is 5.56 Å². The number of nitrogens with zero attached hydrogens (tertiary/aromatic N) is 2. The smallest absolute Gasteiger partial charge is 0.185 e. The fourth-order valence-corrected chi connectivity index (χ4v) is 2.99. The minimum absolute atomic E-state index is 0.0217. The minimum Gasteiger partial charge on any atom is -0.409 e. The summed E-state index contributed by atoms with van der Waals surface area (Å²) in [5.41, 5.74) is 1.46. The average Bonchev–Trinajstić information content (AvgIpc) is 2.75.